The van der Waals surface area contributed by atoms with Crippen molar-refractivity contribution in [1.29, 1.82) is 0 Å². The Kier molecular flexibility index (Phi) is 4.66. The van der Waals surface area contributed by atoms with E-state index in [-0.39, 0.29) is 5.41 Å². The molecule has 174 valence electrons. The van der Waals surface area contributed by atoms with Crippen LogP contribution >= 0.6 is 0 Å². The summed E-state index contributed by atoms with van der Waals surface area (Å²) in [6.07, 6.45) is 13.0. The van der Waals surface area contributed by atoms with Gasteiger partial charge in [-0.25, -0.2) is 0 Å². The molecule has 0 aromatic rings. The predicted octanol–water partition coefficient (Wildman–Crippen LogP) is 8.23. The van der Waals surface area contributed by atoms with Crippen LogP contribution < -0.4 is 0 Å². The number of hydrogen-bond donors (Lipinski definition) is 0. The van der Waals surface area contributed by atoms with Gasteiger partial charge in [-0.15, -0.1) is 0 Å². The number of hydrogen-bond acceptors (Lipinski definition) is 1. The van der Waals surface area contributed by atoms with Gasteiger partial charge in [0.15, 0.2) is 0 Å². The molecule has 1 heteroatoms. The van der Waals surface area contributed by atoms with E-state index < -0.39 is 0 Å². The number of carbonyl (C=O) groups excluding carboxylic acids is 1. The lowest BCUT2D eigenvalue weighted by Crippen LogP contribution is -2.66. The Labute approximate surface area is 192 Å². The molecule has 5 aliphatic carbocycles. The van der Waals surface area contributed by atoms with Gasteiger partial charge >= 0.3 is 0 Å². The fourth-order valence-electron chi connectivity index (χ4n) is 11.3. The first-order valence-corrected chi connectivity index (χ1v) is 13.5. The Bertz CT molecular complexity index is 807. The van der Waals surface area contributed by atoms with E-state index >= 15 is 0 Å². The van der Waals surface area contributed by atoms with Gasteiger partial charge < -0.3 is 0 Å². The van der Waals surface area contributed by atoms with Gasteiger partial charge in [-0.1, -0.05) is 53.7 Å². The molecule has 0 aromatic heterocycles. The third kappa shape index (κ3) is 2.59. The van der Waals surface area contributed by atoms with Gasteiger partial charge in [0.1, 0.15) is 5.78 Å². The SMILES string of the molecule is C=C(C)[C@@H]1CC[C@]2(C)CC[C@]3(C)[C@@H](CC[C@@H]4[C@@]5(C)CCC(=O)C(C)(C)[C@@H]5CC[C@]43C)[C@H]12. The van der Waals surface area contributed by atoms with Gasteiger partial charge in [-0.05, 0) is 116 Å². The van der Waals surface area contributed by atoms with Crippen LogP contribution in [0.5, 0.6) is 0 Å². The van der Waals surface area contributed by atoms with Crippen LogP contribution in [0.3, 0.4) is 0 Å². The van der Waals surface area contributed by atoms with Gasteiger partial charge in [-0.3, -0.25) is 4.79 Å². The molecule has 5 rings (SSSR count). The summed E-state index contributed by atoms with van der Waals surface area (Å²) in [5.41, 5.74) is 3.06. The molecule has 0 aliphatic heterocycles. The summed E-state index contributed by atoms with van der Waals surface area (Å²) in [6.45, 7) is 22.0. The molecule has 0 unspecified atom stereocenters. The molecule has 0 spiro atoms. The van der Waals surface area contributed by atoms with Gasteiger partial charge in [0, 0.05) is 11.8 Å². The van der Waals surface area contributed by atoms with Crippen molar-refractivity contribution in [2.45, 2.75) is 113 Å². The maximum atomic E-state index is 12.9. The van der Waals surface area contributed by atoms with Gasteiger partial charge in [0.25, 0.3) is 0 Å². The van der Waals surface area contributed by atoms with Crippen LogP contribution in [0.2, 0.25) is 0 Å². The monoisotopic (exact) mass is 424 g/mol. The van der Waals surface area contributed by atoms with E-state index in [1.807, 2.05) is 0 Å². The molecule has 0 bridgehead atoms. The Morgan fingerprint density at radius 2 is 1.52 bits per heavy atom. The minimum atomic E-state index is -0.131. The van der Waals surface area contributed by atoms with Crippen molar-refractivity contribution in [2.75, 3.05) is 0 Å². The van der Waals surface area contributed by atoms with Crippen LogP contribution in [-0.4, -0.2) is 5.78 Å². The summed E-state index contributed by atoms with van der Waals surface area (Å²) in [4.78, 5) is 12.9. The van der Waals surface area contributed by atoms with Crippen LogP contribution in [0.1, 0.15) is 113 Å². The van der Waals surface area contributed by atoms with Crippen LogP contribution in [0.4, 0.5) is 0 Å². The molecule has 9 atom stereocenters. The lowest BCUT2D eigenvalue weighted by molar-refractivity contribution is -0.232. The highest BCUT2D eigenvalue weighted by molar-refractivity contribution is 5.85. The zero-order valence-corrected chi connectivity index (χ0v) is 21.6. The summed E-state index contributed by atoms with van der Waals surface area (Å²) in [6, 6.07) is 0. The third-order valence-electron chi connectivity index (χ3n) is 13.2. The molecule has 31 heavy (non-hydrogen) atoms. The van der Waals surface area contributed by atoms with Crippen LogP contribution in [0, 0.1) is 56.7 Å². The van der Waals surface area contributed by atoms with Crippen molar-refractivity contribution in [3.05, 3.63) is 12.2 Å². The molecule has 0 aromatic carbocycles. The molecule has 5 aliphatic rings. The molecule has 0 radical (unpaired) electrons. The molecule has 0 saturated heterocycles. The number of Topliss-reactive ketones (excluding diaryl/α,β-unsaturated/α-hetero) is 1. The minimum absolute atomic E-state index is 0.131. The maximum absolute atomic E-state index is 12.9. The van der Waals surface area contributed by atoms with Crippen molar-refractivity contribution >= 4 is 5.78 Å². The Morgan fingerprint density at radius 1 is 0.806 bits per heavy atom. The summed E-state index contributed by atoms with van der Waals surface area (Å²) in [5.74, 6) is 4.33. The Balaban J connectivity index is 1.55. The molecule has 0 amide bonds. The number of carbonyl (C=O) groups is 1. The largest absolute Gasteiger partial charge is 0.299 e. The zero-order valence-electron chi connectivity index (χ0n) is 21.6. The smallest absolute Gasteiger partial charge is 0.138 e. The molecule has 1 nitrogen and oxygen atoms in total. The highest BCUT2D eigenvalue weighted by atomic mass is 16.1. The van der Waals surface area contributed by atoms with Crippen molar-refractivity contribution in [3.63, 3.8) is 0 Å². The molecular formula is C30H48O. The second kappa shape index (κ2) is 6.50. The average molecular weight is 425 g/mol. The minimum Gasteiger partial charge on any atom is -0.299 e. The van der Waals surface area contributed by atoms with E-state index in [1.54, 1.807) is 0 Å². The Hall–Kier alpha value is -0.590. The quantitative estimate of drug-likeness (QED) is 0.387. The van der Waals surface area contributed by atoms with Crippen molar-refractivity contribution in [2.24, 2.45) is 56.7 Å². The maximum Gasteiger partial charge on any atom is 0.138 e. The fraction of sp³-hybridized carbons (Fsp3) is 0.900. The van der Waals surface area contributed by atoms with Crippen molar-refractivity contribution < 1.29 is 4.79 Å². The van der Waals surface area contributed by atoms with E-state index in [9.17, 15) is 4.79 Å². The lowest BCUT2D eigenvalue weighted by atomic mass is 9.32. The van der Waals surface area contributed by atoms with Gasteiger partial charge in [-0.2, -0.15) is 0 Å². The molecule has 5 saturated carbocycles. The van der Waals surface area contributed by atoms with Crippen molar-refractivity contribution in [3.8, 4) is 0 Å². The lowest BCUT2D eigenvalue weighted by Gasteiger charge is -2.72. The first-order valence-electron chi connectivity index (χ1n) is 13.5. The van der Waals surface area contributed by atoms with Crippen LogP contribution in [0.25, 0.3) is 0 Å². The highest BCUT2D eigenvalue weighted by Gasteiger charge is 2.70. The molecule has 5 fully saturated rings. The van der Waals surface area contributed by atoms with E-state index in [0.717, 1.165) is 36.5 Å². The third-order valence-corrected chi connectivity index (χ3v) is 13.2. The standard InChI is InChI=1S/C30H48O/c1-19(2)20-11-14-27(5)17-18-29(7)21(25(20)27)9-10-23-28(6)15-13-24(31)26(3,4)22(28)12-16-30(23,29)8/h20-23,25H,1,9-18H2,2-8H3/t20-,21-,22-,23+,25-,27+,28-,29+,30+/m0/s1. The molecule has 0 heterocycles. The Morgan fingerprint density at radius 3 is 2.19 bits per heavy atom. The second-order valence-electron chi connectivity index (χ2n) is 14.5. The van der Waals surface area contributed by atoms with E-state index in [2.05, 4.69) is 55.0 Å². The topological polar surface area (TPSA) is 17.1 Å². The molecular weight excluding hydrogens is 376 g/mol. The summed E-state index contributed by atoms with van der Waals surface area (Å²) < 4.78 is 0. The summed E-state index contributed by atoms with van der Waals surface area (Å²) in [5, 5.41) is 0. The first kappa shape index (κ1) is 22.2. The predicted molar refractivity (Wildman–Crippen MR) is 130 cm³/mol. The second-order valence-corrected chi connectivity index (χ2v) is 14.5. The number of ketones is 1. The normalized spacial score (nSPS) is 55.6. The fourth-order valence-corrected chi connectivity index (χ4v) is 11.3. The zero-order chi connectivity index (χ0) is 22.6. The van der Waals surface area contributed by atoms with E-state index in [4.69, 9.17) is 0 Å². The van der Waals surface area contributed by atoms with Crippen LogP contribution in [0.15, 0.2) is 12.2 Å². The van der Waals surface area contributed by atoms with E-state index in [1.165, 1.54) is 56.9 Å². The van der Waals surface area contributed by atoms with Gasteiger partial charge in [0.2, 0.25) is 0 Å². The number of allylic oxidation sites excluding steroid dienone is 1. The summed E-state index contributed by atoms with van der Waals surface area (Å²) in [7, 11) is 0. The number of rotatable bonds is 1. The molecule has 0 N–H and O–H groups in total. The average Bonchev–Trinajstić information content (AvgIpc) is 3.04. The van der Waals surface area contributed by atoms with Crippen molar-refractivity contribution in [1.82, 2.24) is 0 Å². The van der Waals surface area contributed by atoms with Gasteiger partial charge in [0.05, 0.1) is 0 Å². The summed E-state index contributed by atoms with van der Waals surface area (Å²) >= 11 is 0. The number of fused-ring (bicyclic) bond motifs is 7. The van der Waals surface area contributed by atoms with Crippen LogP contribution in [-0.2, 0) is 4.79 Å². The first-order chi connectivity index (χ1) is 14.3. The highest BCUT2D eigenvalue weighted by Crippen LogP contribution is 2.77. The van der Waals surface area contributed by atoms with E-state index in [0.29, 0.717) is 33.4 Å².